The summed E-state index contributed by atoms with van der Waals surface area (Å²) in [5, 5.41) is 6.96. The first kappa shape index (κ1) is 23.8. The number of nitrogens with zero attached hydrogens (tertiary/aromatic N) is 2. The van der Waals surface area contributed by atoms with Crippen molar-refractivity contribution in [2.45, 2.75) is 45.7 Å². The zero-order valence-corrected chi connectivity index (χ0v) is 19.4. The molecule has 0 radical (unpaired) electrons. The fraction of sp³-hybridized carbons (Fsp3) is 0.650. The van der Waals surface area contributed by atoms with Gasteiger partial charge in [0.1, 0.15) is 0 Å². The minimum atomic E-state index is 0. The second kappa shape index (κ2) is 13.0. The minimum absolute atomic E-state index is 0. The van der Waals surface area contributed by atoms with Crippen LogP contribution in [0.3, 0.4) is 0 Å². The van der Waals surface area contributed by atoms with E-state index in [1.165, 1.54) is 26.1 Å². The molecule has 154 valence electrons. The molecule has 0 aliphatic carbocycles. The molecule has 0 amide bonds. The topological polar surface area (TPSA) is 58.1 Å². The number of aliphatic imine (C=N–C) groups is 1. The molecule has 1 aromatic rings. The lowest BCUT2D eigenvalue weighted by Crippen LogP contribution is -2.48. The first-order valence-electron chi connectivity index (χ1n) is 9.69. The Morgan fingerprint density at radius 2 is 1.96 bits per heavy atom. The molecule has 1 fully saturated rings. The van der Waals surface area contributed by atoms with Crippen molar-refractivity contribution in [1.29, 1.82) is 0 Å². The highest BCUT2D eigenvalue weighted by atomic mass is 127. The van der Waals surface area contributed by atoms with Crippen LogP contribution in [0.5, 0.6) is 11.5 Å². The van der Waals surface area contributed by atoms with Crippen molar-refractivity contribution in [2.75, 3.05) is 40.4 Å². The second-order valence-corrected chi connectivity index (χ2v) is 6.60. The second-order valence-electron chi connectivity index (χ2n) is 6.60. The summed E-state index contributed by atoms with van der Waals surface area (Å²) in [6.07, 6.45) is 3.56. The predicted molar refractivity (Wildman–Crippen MR) is 123 cm³/mol. The average Bonchev–Trinajstić information content (AvgIpc) is 2.67. The fourth-order valence-electron chi connectivity index (χ4n) is 3.29. The first-order chi connectivity index (χ1) is 12.7. The molecule has 1 heterocycles. The van der Waals surface area contributed by atoms with E-state index < -0.39 is 0 Å². The summed E-state index contributed by atoms with van der Waals surface area (Å²) in [4.78, 5) is 6.91. The quantitative estimate of drug-likeness (QED) is 0.333. The summed E-state index contributed by atoms with van der Waals surface area (Å²) in [6, 6.07) is 6.51. The van der Waals surface area contributed by atoms with Crippen molar-refractivity contribution in [3.63, 3.8) is 0 Å². The molecule has 0 bridgehead atoms. The molecule has 0 aromatic heterocycles. The van der Waals surface area contributed by atoms with Crippen LogP contribution in [0.4, 0.5) is 0 Å². The molecule has 0 atom stereocenters. The highest BCUT2D eigenvalue weighted by Gasteiger charge is 2.19. The Hall–Kier alpha value is -1.22. The lowest BCUT2D eigenvalue weighted by Gasteiger charge is -2.32. The van der Waals surface area contributed by atoms with Crippen LogP contribution in [-0.4, -0.2) is 57.3 Å². The van der Waals surface area contributed by atoms with E-state index in [1.807, 2.05) is 26.1 Å². The largest absolute Gasteiger partial charge is 0.493 e. The Balaban J connectivity index is 0.00000364. The standard InChI is InChI=1S/C20H34N4O2.HI/c1-5-11-24-12-9-17(10-13-24)23-20(21-3)22-15-16-7-8-18(26-6-2)19(14-16)25-4;/h7-8,14,17H,5-6,9-13,15H2,1-4H3,(H2,21,22,23);1H. The lowest BCUT2D eigenvalue weighted by molar-refractivity contribution is 0.206. The zero-order chi connectivity index (χ0) is 18.8. The highest BCUT2D eigenvalue weighted by molar-refractivity contribution is 14.0. The van der Waals surface area contributed by atoms with E-state index >= 15 is 0 Å². The van der Waals surface area contributed by atoms with Crippen LogP contribution < -0.4 is 20.1 Å². The number of piperidine rings is 1. The van der Waals surface area contributed by atoms with E-state index in [1.54, 1.807) is 7.11 Å². The molecule has 2 N–H and O–H groups in total. The van der Waals surface area contributed by atoms with Crippen molar-refractivity contribution in [1.82, 2.24) is 15.5 Å². The summed E-state index contributed by atoms with van der Waals surface area (Å²) in [5.74, 6) is 2.39. The zero-order valence-electron chi connectivity index (χ0n) is 17.1. The first-order valence-corrected chi connectivity index (χ1v) is 9.69. The van der Waals surface area contributed by atoms with Gasteiger partial charge in [-0.15, -0.1) is 24.0 Å². The number of guanidine groups is 1. The number of hydrogen-bond donors (Lipinski definition) is 2. The van der Waals surface area contributed by atoms with Crippen LogP contribution in [0.15, 0.2) is 23.2 Å². The summed E-state index contributed by atoms with van der Waals surface area (Å²) < 4.78 is 11.0. The predicted octanol–water partition coefficient (Wildman–Crippen LogP) is 3.25. The molecule has 1 aliphatic rings. The molecule has 1 aromatic carbocycles. The number of likely N-dealkylation sites (tertiary alicyclic amines) is 1. The minimum Gasteiger partial charge on any atom is -0.493 e. The fourth-order valence-corrected chi connectivity index (χ4v) is 3.29. The van der Waals surface area contributed by atoms with Crippen molar-refractivity contribution in [2.24, 2.45) is 4.99 Å². The molecule has 6 nitrogen and oxygen atoms in total. The third-order valence-corrected chi connectivity index (χ3v) is 4.68. The number of hydrogen-bond acceptors (Lipinski definition) is 4. The van der Waals surface area contributed by atoms with Crippen molar-refractivity contribution >= 4 is 29.9 Å². The molecular formula is C20H35IN4O2. The lowest BCUT2D eigenvalue weighted by atomic mass is 10.1. The van der Waals surface area contributed by atoms with Gasteiger partial charge in [0.2, 0.25) is 0 Å². The van der Waals surface area contributed by atoms with E-state index in [0.29, 0.717) is 19.2 Å². The smallest absolute Gasteiger partial charge is 0.191 e. The van der Waals surface area contributed by atoms with Gasteiger partial charge in [-0.1, -0.05) is 13.0 Å². The van der Waals surface area contributed by atoms with E-state index in [9.17, 15) is 0 Å². The number of benzene rings is 1. The molecular weight excluding hydrogens is 455 g/mol. The maximum Gasteiger partial charge on any atom is 0.191 e. The Kier molecular flexibility index (Phi) is 11.5. The summed E-state index contributed by atoms with van der Waals surface area (Å²) >= 11 is 0. The van der Waals surface area contributed by atoms with Crippen molar-refractivity contribution < 1.29 is 9.47 Å². The van der Waals surface area contributed by atoms with Crippen LogP contribution in [-0.2, 0) is 6.54 Å². The number of methoxy groups -OCH3 is 1. The molecule has 0 spiro atoms. The van der Waals surface area contributed by atoms with E-state index in [-0.39, 0.29) is 24.0 Å². The van der Waals surface area contributed by atoms with Gasteiger partial charge in [0.25, 0.3) is 0 Å². The van der Waals surface area contributed by atoms with Crippen LogP contribution in [0.1, 0.15) is 38.7 Å². The summed E-state index contributed by atoms with van der Waals surface area (Å²) in [6.45, 7) is 9.07. The average molecular weight is 490 g/mol. The van der Waals surface area contributed by atoms with Crippen molar-refractivity contribution in [3.05, 3.63) is 23.8 Å². The molecule has 27 heavy (non-hydrogen) atoms. The van der Waals surface area contributed by atoms with Gasteiger partial charge < -0.3 is 25.0 Å². The van der Waals surface area contributed by atoms with Crippen LogP contribution in [0, 0.1) is 0 Å². The number of ether oxygens (including phenoxy) is 2. The van der Waals surface area contributed by atoms with Gasteiger partial charge in [0.05, 0.1) is 13.7 Å². The Morgan fingerprint density at radius 3 is 2.56 bits per heavy atom. The molecule has 0 saturated carbocycles. The number of rotatable bonds is 8. The summed E-state index contributed by atoms with van der Waals surface area (Å²) in [7, 11) is 3.49. The normalized spacial score (nSPS) is 15.8. The Morgan fingerprint density at radius 1 is 1.22 bits per heavy atom. The van der Waals surface area contributed by atoms with Gasteiger partial charge in [-0.2, -0.15) is 0 Å². The van der Waals surface area contributed by atoms with Gasteiger partial charge in [-0.25, -0.2) is 0 Å². The number of halogens is 1. The van der Waals surface area contributed by atoms with Gasteiger partial charge in [-0.05, 0) is 50.4 Å². The van der Waals surface area contributed by atoms with E-state index in [4.69, 9.17) is 9.47 Å². The van der Waals surface area contributed by atoms with Gasteiger partial charge in [0, 0.05) is 32.7 Å². The molecule has 7 heteroatoms. The monoisotopic (exact) mass is 490 g/mol. The third-order valence-electron chi connectivity index (χ3n) is 4.68. The third kappa shape index (κ3) is 7.73. The van der Waals surface area contributed by atoms with Crippen LogP contribution in [0.25, 0.3) is 0 Å². The Labute approximate surface area is 181 Å². The SMILES string of the molecule is CCCN1CCC(NC(=NC)NCc2ccc(OCC)c(OC)c2)CC1.I. The molecule has 1 saturated heterocycles. The number of nitrogens with one attached hydrogen (secondary N) is 2. The summed E-state index contributed by atoms with van der Waals surface area (Å²) in [5.41, 5.74) is 1.13. The maximum absolute atomic E-state index is 5.57. The van der Waals surface area contributed by atoms with Gasteiger partial charge >= 0.3 is 0 Å². The molecule has 0 unspecified atom stereocenters. The van der Waals surface area contributed by atoms with E-state index in [0.717, 1.165) is 35.9 Å². The van der Waals surface area contributed by atoms with Gasteiger partial charge in [0.15, 0.2) is 17.5 Å². The maximum atomic E-state index is 5.57. The van der Waals surface area contributed by atoms with Crippen LogP contribution >= 0.6 is 24.0 Å². The van der Waals surface area contributed by atoms with Gasteiger partial charge in [-0.3, -0.25) is 4.99 Å². The van der Waals surface area contributed by atoms with Crippen LogP contribution in [0.2, 0.25) is 0 Å². The van der Waals surface area contributed by atoms with Crippen molar-refractivity contribution in [3.8, 4) is 11.5 Å². The Bertz CT molecular complexity index is 575. The van der Waals surface area contributed by atoms with E-state index in [2.05, 4.69) is 33.5 Å². The highest BCUT2D eigenvalue weighted by Crippen LogP contribution is 2.27. The molecule has 2 rings (SSSR count). The molecule has 1 aliphatic heterocycles.